The summed E-state index contributed by atoms with van der Waals surface area (Å²) in [6.07, 6.45) is 5.73. The van der Waals surface area contributed by atoms with Crippen LogP contribution in [-0.2, 0) is 5.41 Å². The van der Waals surface area contributed by atoms with Crippen LogP contribution < -0.4 is 9.80 Å². The molecule has 0 aliphatic heterocycles. The molecule has 0 saturated carbocycles. The minimum Gasteiger partial charge on any atom is -0.310 e. The van der Waals surface area contributed by atoms with E-state index in [1.807, 2.05) is 18.2 Å². The number of hydrogen-bond acceptors (Lipinski definition) is 2. The lowest BCUT2D eigenvalue weighted by atomic mass is 9.69. The molecular formula is C69H48N2. The molecule has 334 valence electrons. The number of allylic oxidation sites excluding steroid dienone is 4. The largest absolute Gasteiger partial charge is 0.310 e. The Balaban J connectivity index is 1.09. The lowest BCUT2D eigenvalue weighted by Crippen LogP contribution is -2.26. The van der Waals surface area contributed by atoms with Crippen LogP contribution >= 0.6 is 0 Å². The highest BCUT2D eigenvalue weighted by molar-refractivity contribution is 6.15. The van der Waals surface area contributed by atoms with E-state index in [0.717, 1.165) is 45.3 Å². The fraction of sp³-hybridized carbons (Fsp3) is 0.0145. The SMILES string of the molecule is C=C/C=C(\C=C)c1cccc(N(c2ccccc2)c2ccc3c4c(ccc3c2)-c2c(cc(N(c3ccccc3)c3cccc(-c5ccccc5)c3)c3ccccc23)C42c3ccccc3-c3ccccc32)c1. The van der Waals surface area contributed by atoms with Crippen LogP contribution in [0.25, 0.3) is 60.5 Å². The van der Waals surface area contributed by atoms with Gasteiger partial charge in [-0.1, -0.05) is 213 Å². The molecule has 0 radical (unpaired) electrons. The fourth-order valence-corrected chi connectivity index (χ4v) is 11.8. The first-order valence-electron chi connectivity index (χ1n) is 24.4. The standard InChI is InChI=1S/C69H48N2/c1-3-22-47(4-2)49-25-20-31-54(43-49)70(52-27-10-6-11-28-52)56-40-42-57-51(45-56)39-41-62-67-61-36-15-14-35-60(61)66(46-65(67)69(68(57)62)63-37-18-16-33-58(63)59-34-17-19-38-64(59)69)71(53-29-12-7-13-30-53)55-32-21-26-50(44-55)48-23-8-5-9-24-48/h3-46H,1-2H2/b47-22+. The van der Waals surface area contributed by atoms with E-state index in [1.165, 1.54) is 77.2 Å². The van der Waals surface area contributed by atoms with E-state index in [1.54, 1.807) is 0 Å². The minimum absolute atomic E-state index is 0.627. The van der Waals surface area contributed by atoms with E-state index in [0.29, 0.717) is 0 Å². The van der Waals surface area contributed by atoms with Crippen LogP contribution in [0.15, 0.2) is 280 Å². The molecule has 13 rings (SSSR count). The zero-order chi connectivity index (χ0) is 47.5. The summed E-state index contributed by atoms with van der Waals surface area (Å²) in [4.78, 5) is 4.83. The van der Waals surface area contributed by atoms with Crippen LogP contribution in [-0.4, -0.2) is 0 Å². The predicted molar refractivity (Wildman–Crippen MR) is 301 cm³/mol. The van der Waals surface area contributed by atoms with E-state index in [-0.39, 0.29) is 0 Å². The predicted octanol–water partition coefficient (Wildman–Crippen LogP) is 18.7. The molecule has 2 aliphatic carbocycles. The summed E-state index contributed by atoms with van der Waals surface area (Å²) in [5, 5.41) is 4.84. The number of nitrogens with zero attached hydrogens (tertiary/aromatic N) is 2. The Morgan fingerprint density at radius 1 is 0.380 bits per heavy atom. The van der Waals surface area contributed by atoms with Crippen molar-refractivity contribution in [2.75, 3.05) is 9.80 Å². The van der Waals surface area contributed by atoms with Gasteiger partial charge in [0, 0.05) is 33.8 Å². The summed E-state index contributed by atoms with van der Waals surface area (Å²) in [5.41, 5.74) is 20.7. The Morgan fingerprint density at radius 3 is 1.63 bits per heavy atom. The molecule has 0 N–H and O–H groups in total. The molecule has 0 unspecified atom stereocenters. The minimum atomic E-state index is -0.627. The molecule has 11 aromatic carbocycles. The van der Waals surface area contributed by atoms with Gasteiger partial charge in [-0.2, -0.15) is 0 Å². The summed E-state index contributed by atoms with van der Waals surface area (Å²) >= 11 is 0. The molecule has 0 atom stereocenters. The molecule has 11 aromatic rings. The normalized spacial score (nSPS) is 12.8. The summed E-state index contributed by atoms with van der Waals surface area (Å²) < 4.78 is 0. The second-order valence-electron chi connectivity index (χ2n) is 18.5. The number of para-hydroxylation sites is 2. The van der Waals surface area contributed by atoms with E-state index >= 15 is 0 Å². The Bertz CT molecular complexity index is 3880. The number of fused-ring (bicyclic) bond motifs is 14. The van der Waals surface area contributed by atoms with Gasteiger partial charge in [-0.05, 0) is 150 Å². The molecule has 2 nitrogen and oxygen atoms in total. The van der Waals surface area contributed by atoms with E-state index in [2.05, 4.69) is 272 Å². The van der Waals surface area contributed by atoms with E-state index < -0.39 is 5.41 Å². The zero-order valence-electron chi connectivity index (χ0n) is 39.2. The molecule has 0 heterocycles. The van der Waals surface area contributed by atoms with Gasteiger partial charge in [0.25, 0.3) is 0 Å². The highest BCUT2D eigenvalue weighted by atomic mass is 15.1. The van der Waals surface area contributed by atoms with Gasteiger partial charge in [-0.3, -0.25) is 0 Å². The molecule has 71 heavy (non-hydrogen) atoms. The van der Waals surface area contributed by atoms with Crippen LogP contribution in [0.1, 0.15) is 27.8 Å². The third-order valence-electron chi connectivity index (χ3n) is 14.7. The molecule has 0 fully saturated rings. The first-order valence-corrected chi connectivity index (χ1v) is 24.4. The van der Waals surface area contributed by atoms with Gasteiger partial charge in [-0.15, -0.1) is 0 Å². The second-order valence-corrected chi connectivity index (χ2v) is 18.5. The molecule has 0 amide bonds. The number of benzene rings is 11. The topological polar surface area (TPSA) is 6.48 Å². The number of hydrogen-bond donors (Lipinski definition) is 0. The summed E-state index contributed by atoms with van der Waals surface area (Å²) in [7, 11) is 0. The van der Waals surface area contributed by atoms with Crippen LogP contribution in [0.4, 0.5) is 34.1 Å². The first-order chi connectivity index (χ1) is 35.1. The van der Waals surface area contributed by atoms with E-state index in [9.17, 15) is 0 Å². The molecule has 0 bridgehead atoms. The number of anilines is 6. The second kappa shape index (κ2) is 17.1. The highest BCUT2D eigenvalue weighted by Crippen LogP contribution is 2.66. The van der Waals surface area contributed by atoms with Crippen molar-refractivity contribution < 1.29 is 0 Å². The molecule has 0 aromatic heterocycles. The summed E-state index contributed by atoms with van der Waals surface area (Å²) in [5.74, 6) is 0. The van der Waals surface area contributed by atoms with Gasteiger partial charge >= 0.3 is 0 Å². The van der Waals surface area contributed by atoms with Crippen molar-refractivity contribution in [2.24, 2.45) is 0 Å². The van der Waals surface area contributed by atoms with Crippen molar-refractivity contribution in [3.8, 4) is 33.4 Å². The molecule has 1 spiro atoms. The lowest BCUT2D eigenvalue weighted by molar-refractivity contribution is 0.802. The van der Waals surface area contributed by atoms with Gasteiger partial charge < -0.3 is 9.80 Å². The Hall–Kier alpha value is -9.24. The maximum atomic E-state index is 4.12. The summed E-state index contributed by atoms with van der Waals surface area (Å²) in [6.45, 7) is 8.09. The maximum absolute atomic E-state index is 4.12. The summed E-state index contributed by atoms with van der Waals surface area (Å²) in [6, 6.07) is 91.7. The maximum Gasteiger partial charge on any atom is 0.0732 e. The third kappa shape index (κ3) is 6.57. The third-order valence-corrected chi connectivity index (χ3v) is 14.7. The van der Waals surface area contributed by atoms with Crippen molar-refractivity contribution >= 4 is 61.2 Å². The van der Waals surface area contributed by atoms with Crippen molar-refractivity contribution in [2.45, 2.75) is 5.41 Å². The first kappa shape index (κ1) is 41.9. The monoisotopic (exact) mass is 904 g/mol. The van der Waals surface area contributed by atoms with Gasteiger partial charge in [0.1, 0.15) is 0 Å². The fourth-order valence-electron chi connectivity index (χ4n) is 11.8. The van der Waals surface area contributed by atoms with Crippen molar-refractivity contribution in [3.63, 3.8) is 0 Å². The van der Waals surface area contributed by atoms with Crippen LogP contribution in [0, 0.1) is 0 Å². The van der Waals surface area contributed by atoms with Gasteiger partial charge in [-0.25, -0.2) is 0 Å². The lowest BCUT2D eigenvalue weighted by Gasteiger charge is -2.34. The van der Waals surface area contributed by atoms with Crippen molar-refractivity contribution in [3.05, 3.63) is 308 Å². The zero-order valence-corrected chi connectivity index (χ0v) is 39.2. The number of rotatable bonds is 10. The molecule has 2 aliphatic rings. The Labute approximate surface area is 415 Å². The average molecular weight is 905 g/mol. The molecule has 2 heteroatoms. The van der Waals surface area contributed by atoms with Gasteiger partial charge in [0.15, 0.2) is 0 Å². The molecule has 0 saturated heterocycles. The van der Waals surface area contributed by atoms with Gasteiger partial charge in [0.05, 0.1) is 11.1 Å². The van der Waals surface area contributed by atoms with Gasteiger partial charge in [0.2, 0.25) is 0 Å². The van der Waals surface area contributed by atoms with Crippen LogP contribution in [0.3, 0.4) is 0 Å². The average Bonchev–Trinajstić information content (AvgIpc) is 3.94. The van der Waals surface area contributed by atoms with Crippen LogP contribution in [0.5, 0.6) is 0 Å². The molecular weight excluding hydrogens is 857 g/mol. The Kier molecular flexibility index (Phi) is 10.1. The van der Waals surface area contributed by atoms with Crippen molar-refractivity contribution in [1.29, 1.82) is 0 Å². The smallest absolute Gasteiger partial charge is 0.0732 e. The highest BCUT2D eigenvalue weighted by Gasteiger charge is 2.53. The quantitative estimate of drug-likeness (QED) is 0.126. The van der Waals surface area contributed by atoms with Crippen LogP contribution in [0.2, 0.25) is 0 Å². The van der Waals surface area contributed by atoms with Crippen molar-refractivity contribution in [1.82, 2.24) is 0 Å². The van der Waals surface area contributed by atoms with E-state index in [4.69, 9.17) is 0 Å². The Morgan fingerprint density at radius 2 is 0.944 bits per heavy atom.